The van der Waals surface area contributed by atoms with E-state index in [1.807, 2.05) is 0 Å². The normalized spacial score (nSPS) is 19.8. The highest BCUT2D eigenvalue weighted by atomic mass is 19.1. The van der Waals surface area contributed by atoms with Crippen molar-refractivity contribution in [2.75, 3.05) is 12.4 Å². The number of rotatable bonds is 5. The smallest absolute Gasteiger partial charge is 0.258 e. The van der Waals surface area contributed by atoms with E-state index in [0.29, 0.717) is 17.0 Å². The molecule has 1 amide bonds. The number of ether oxygens (including phenoxy) is 2. The van der Waals surface area contributed by atoms with E-state index in [1.165, 1.54) is 24.4 Å². The molecule has 6 nitrogen and oxygen atoms in total. The van der Waals surface area contributed by atoms with Gasteiger partial charge in [0.25, 0.3) is 5.91 Å². The van der Waals surface area contributed by atoms with Crippen LogP contribution in [0.1, 0.15) is 41.6 Å². The summed E-state index contributed by atoms with van der Waals surface area (Å²) < 4.78 is 24.5. The largest absolute Gasteiger partial charge is 0.474 e. The number of methoxy groups -OCH3 is 1. The van der Waals surface area contributed by atoms with Gasteiger partial charge in [-0.05, 0) is 49.9 Å². The van der Waals surface area contributed by atoms with Crippen molar-refractivity contribution in [3.05, 3.63) is 47.4 Å². The molecule has 1 N–H and O–H groups in total. The Hall–Kier alpha value is -2.54. The summed E-state index contributed by atoms with van der Waals surface area (Å²) >= 11 is 0. The Kier molecular flexibility index (Phi) is 5.78. The summed E-state index contributed by atoms with van der Waals surface area (Å²) in [5, 5.41) is 2.63. The molecular formula is C19H22FN3O3. The lowest BCUT2D eigenvalue weighted by Gasteiger charge is -2.28. The Morgan fingerprint density at radius 2 is 2.08 bits per heavy atom. The van der Waals surface area contributed by atoms with Crippen LogP contribution in [0, 0.1) is 12.7 Å². The maximum absolute atomic E-state index is 13.2. The van der Waals surface area contributed by atoms with Crippen molar-refractivity contribution in [2.45, 2.75) is 44.8 Å². The maximum Gasteiger partial charge on any atom is 0.258 e. The predicted octanol–water partition coefficient (Wildman–Crippen LogP) is 3.51. The summed E-state index contributed by atoms with van der Waals surface area (Å²) in [6, 6.07) is 5.66. The van der Waals surface area contributed by atoms with Crippen LogP contribution in [-0.2, 0) is 4.74 Å². The zero-order valence-corrected chi connectivity index (χ0v) is 14.9. The summed E-state index contributed by atoms with van der Waals surface area (Å²) in [5.41, 5.74) is 0.916. The molecule has 138 valence electrons. The molecule has 26 heavy (non-hydrogen) atoms. The molecule has 1 aliphatic rings. The Bertz CT molecular complexity index is 784. The van der Waals surface area contributed by atoms with Gasteiger partial charge in [-0.2, -0.15) is 4.98 Å². The zero-order chi connectivity index (χ0) is 18.5. The van der Waals surface area contributed by atoms with Gasteiger partial charge in [-0.25, -0.2) is 9.37 Å². The molecule has 2 unspecified atom stereocenters. The first-order chi connectivity index (χ1) is 12.5. The Morgan fingerprint density at radius 1 is 1.27 bits per heavy atom. The van der Waals surface area contributed by atoms with Crippen LogP contribution in [0.25, 0.3) is 0 Å². The minimum atomic E-state index is -0.392. The number of carbonyl (C=O) groups excluding carboxylic acids is 1. The number of anilines is 1. The highest BCUT2D eigenvalue weighted by molar-refractivity contribution is 6.04. The summed E-state index contributed by atoms with van der Waals surface area (Å²) in [6.45, 7) is 1.67. The fourth-order valence-corrected chi connectivity index (χ4v) is 3.11. The van der Waals surface area contributed by atoms with E-state index in [1.54, 1.807) is 20.1 Å². The van der Waals surface area contributed by atoms with Crippen LogP contribution in [0.15, 0.2) is 30.5 Å². The second-order valence-electron chi connectivity index (χ2n) is 6.40. The lowest BCUT2D eigenvalue weighted by atomic mass is 9.95. The quantitative estimate of drug-likeness (QED) is 0.884. The molecule has 1 aliphatic carbocycles. The summed E-state index contributed by atoms with van der Waals surface area (Å²) in [7, 11) is 1.71. The van der Waals surface area contributed by atoms with E-state index in [0.717, 1.165) is 25.7 Å². The lowest BCUT2D eigenvalue weighted by molar-refractivity contribution is 0.0195. The van der Waals surface area contributed by atoms with E-state index < -0.39 is 5.91 Å². The third kappa shape index (κ3) is 4.54. The highest BCUT2D eigenvalue weighted by Gasteiger charge is 2.23. The summed E-state index contributed by atoms with van der Waals surface area (Å²) in [6.07, 6.45) is 5.62. The number of hydrogen-bond acceptors (Lipinski definition) is 5. The number of aryl methyl sites for hydroxylation is 1. The molecule has 0 bridgehead atoms. The first-order valence-electron chi connectivity index (χ1n) is 8.65. The molecule has 7 heteroatoms. The lowest BCUT2D eigenvalue weighted by Crippen LogP contribution is -2.29. The third-order valence-electron chi connectivity index (χ3n) is 4.49. The summed E-state index contributed by atoms with van der Waals surface area (Å²) in [5.74, 6) is -0.215. The molecule has 1 heterocycles. The van der Waals surface area contributed by atoms with Crippen LogP contribution >= 0.6 is 0 Å². The summed E-state index contributed by atoms with van der Waals surface area (Å²) in [4.78, 5) is 20.7. The average Bonchev–Trinajstić information content (AvgIpc) is 2.62. The number of nitrogens with one attached hydrogen (secondary N) is 1. The molecule has 1 aromatic carbocycles. The molecule has 2 aromatic rings. The van der Waals surface area contributed by atoms with Crippen LogP contribution in [0.2, 0.25) is 0 Å². The van der Waals surface area contributed by atoms with Crippen molar-refractivity contribution in [3.8, 4) is 5.88 Å². The Morgan fingerprint density at radius 3 is 2.85 bits per heavy atom. The van der Waals surface area contributed by atoms with E-state index in [2.05, 4.69) is 15.3 Å². The van der Waals surface area contributed by atoms with Crippen LogP contribution in [0.5, 0.6) is 5.88 Å². The molecule has 1 fully saturated rings. The van der Waals surface area contributed by atoms with E-state index in [4.69, 9.17) is 9.47 Å². The van der Waals surface area contributed by atoms with Gasteiger partial charge >= 0.3 is 0 Å². The monoisotopic (exact) mass is 359 g/mol. The van der Waals surface area contributed by atoms with Crippen molar-refractivity contribution >= 4 is 11.9 Å². The van der Waals surface area contributed by atoms with Crippen LogP contribution in [-0.4, -0.2) is 35.2 Å². The Balaban J connectivity index is 1.66. The van der Waals surface area contributed by atoms with Gasteiger partial charge in [0.1, 0.15) is 11.9 Å². The fourth-order valence-electron chi connectivity index (χ4n) is 3.11. The van der Waals surface area contributed by atoms with Gasteiger partial charge in [0.15, 0.2) is 0 Å². The van der Waals surface area contributed by atoms with E-state index in [-0.39, 0.29) is 24.0 Å². The zero-order valence-electron chi connectivity index (χ0n) is 14.9. The molecule has 3 rings (SSSR count). The number of aromatic nitrogens is 2. The standard InChI is InChI=1S/C19H22FN3O3/c1-12-10-13(20)6-7-16(12)18(24)23-19-21-9-8-17(22-19)26-15-5-3-4-14(11-15)25-2/h6-10,14-15H,3-5,11H2,1-2H3,(H,21,22,23,24). The average molecular weight is 359 g/mol. The highest BCUT2D eigenvalue weighted by Crippen LogP contribution is 2.24. The van der Waals surface area contributed by atoms with Crippen molar-refractivity contribution < 1.29 is 18.7 Å². The third-order valence-corrected chi connectivity index (χ3v) is 4.49. The first-order valence-corrected chi connectivity index (χ1v) is 8.65. The molecule has 0 spiro atoms. The number of amides is 1. The van der Waals surface area contributed by atoms with Crippen molar-refractivity contribution in [1.29, 1.82) is 0 Å². The Labute approximate surface area is 151 Å². The van der Waals surface area contributed by atoms with Crippen molar-refractivity contribution in [3.63, 3.8) is 0 Å². The SMILES string of the molecule is COC1CCCC(Oc2ccnc(NC(=O)c3ccc(F)cc3C)n2)C1. The number of benzene rings is 1. The minimum Gasteiger partial charge on any atom is -0.474 e. The molecule has 1 aromatic heterocycles. The van der Waals surface area contributed by atoms with Crippen molar-refractivity contribution in [2.24, 2.45) is 0 Å². The number of halogens is 1. The minimum absolute atomic E-state index is 0.0338. The van der Waals surface area contributed by atoms with Gasteiger partial charge in [-0.15, -0.1) is 0 Å². The fraction of sp³-hybridized carbons (Fsp3) is 0.421. The molecule has 0 radical (unpaired) electrons. The van der Waals surface area contributed by atoms with Crippen molar-refractivity contribution in [1.82, 2.24) is 9.97 Å². The van der Waals surface area contributed by atoms with Gasteiger partial charge < -0.3 is 9.47 Å². The number of nitrogens with zero attached hydrogens (tertiary/aromatic N) is 2. The molecule has 1 saturated carbocycles. The molecule has 0 aliphatic heterocycles. The van der Waals surface area contributed by atoms with Gasteiger partial charge in [-0.3, -0.25) is 10.1 Å². The predicted molar refractivity (Wildman–Crippen MR) is 94.8 cm³/mol. The maximum atomic E-state index is 13.2. The molecule has 0 saturated heterocycles. The van der Waals surface area contributed by atoms with Gasteiger partial charge in [0.05, 0.1) is 6.10 Å². The van der Waals surface area contributed by atoms with Gasteiger partial charge in [-0.1, -0.05) is 0 Å². The second kappa shape index (κ2) is 8.23. The number of carbonyl (C=O) groups is 1. The number of hydrogen-bond donors (Lipinski definition) is 1. The van der Waals surface area contributed by atoms with Gasteiger partial charge in [0.2, 0.25) is 11.8 Å². The van der Waals surface area contributed by atoms with Crippen LogP contribution in [0.4, 0.5) is 10.3 Å². The topological polar surface area (TPSA) is 73.3 Å². The molecular weight excluding hydrogens is 337 g/mol. The molecule has 2 atom stereocenters. The van der Waals surface area contributed by atoms with E-state index >= 15 is 0 Å². The second-order valence-corrected chi connectivity index (χ2v) is 6.40. The van der Waals surface area contributed by atoms with Crippen LogP contribution in [0.3, 0.4) is 0 Å². The van der Waals surface area contributed by atoms with E-state index in [9.17, 15) is 9.18 Å². The first kappa shape index (κ1) is 18.3. The van der Waals surface area contributed by atoms with Crippen LogP contribution < -0.4 is 10.1 Å². The van der Waals surface area contributed by atoms with Gasteiger partial charge in [0, 0.05) is 31.4 Å².